The molecule has 9 heteroatoms. The Kier molecular flexibility index (Phi) is 9.04. The highest BCUT2D eigenvalue weighted by Crippen LogP contribution is 2.43. The number of nitrogens with one attached hydrogen (secondary N) is 1. The first-order chi connectivity index (χ1) is 17.8. The summed E-state index contributed by atoms with van der Waals surface area (Å²) in [6.07, 6.45) is 3.36. The van der Waals surface area contributed by atoms with Crippen molar-refractivity contribution in [1.82, 2.24) is 25.5 Å². The molecule has 1 spiro atoms. The van der Waals surface area contributed by atoms with Gasteiger partial charge in [-0.3, -0.25) is 0 Å². The van der Waals surface area contributed by atoms with Crippen molar-refractivity contribution in [3.05, 3.63) is 65.7 Å². The minimum absolute atomic E-state index is 0.269. The predicted molar refractivity (Wildman–Crippen MR) is 145 cm³/mol. The lowest BCUT2D eigenvalue weighted by Crippen LogP contribution is -2.50. The summed E-state index contributed by atoms with van der Waals surface area (Å²) in [7, 11) is 1.50. The van der Waals surface area contributed by atoms with Crippen molar-refractivity contribution in [1.29, 1.82) is 0 Å². The molecule has 2 aliphatic heterocycles. The molecule has 0 aliphatic carbocycles. The standard InChI is InChI=1S/C25H27N5O3.C2H6.CH5N/c1-24(2,3)33-23(31)30-14-12-25(13-15-30)16-20(19-6-4-5-7-21(19)32-25)17-8-10-18(11-9-17)22-26-28-29-27-22;2*1-2/h4-11,16H,12-15H2,1-3H3,(H,26,27,28,29);1-2H3;2H2,1H3. The number of fused-ring (bicyclic) bond motifs is 1. The molecule has 1 saturated heterocycles. The van der Waals surface area contributed by atoms with Gasteiger partial charge in [0.25, 0.3) is 0 Å². The molecular weight excluding hydrogens is 468 g/mol. The van der Waals surface area contributed by atoms with Crippen LogP contribution in [-0.4, -0.2) is 63.0 Å². The third-order valence-electron chi connectivity index (χ3n) is 5.96. The first-order valence-corrected chi connectivity index (χ1v) is 12.7. The SMILES string of the molecule is CC.CC(C)(C)OC(=O)N1CCC2(C=C(c3ccc(-c4nn[nH]n4)cc3)c3ccccc3O2)CC1.CN. The lowest BCUT2D eigenvalue weighted by molar-refractivity contribution is -0.00115. The van der Waals surface area contributed by atoms with Gasteiger partial charge in [-0.15, -0.1) is 10.2 Å². The van der Waals surface area contributed by atoms with Crippen molar-refractivity contribution < 1.29 is 14.3 Å². The number of aromatic amines is 1. The number of piperidine rings is 1. The van der Waals surface area contributed by atoms with E-state index >= 15 is 0 Å². The van der Waals surface area contributed by atoms with Gasteiger partial charge in [-0.05, 0) is 56.3 Å². The van der Waals surface area contributed by atoms with Crippen LogP contribution in [0, 0.1) is 0 Å². The maximum atomic E-state index is 12.5. The van der Waals surface area contributed by atoms with E-state index in [1.54, 1.807) is 4.90 Å². The van der Waals surface area contributed by atoms with E-state index in [0.717, 1.165) is 28.0 Å². The van der Waals surface area contributed by atoms with Crippen molar-refractivity contribution >= 4 is 11.7 Å². The van der Waals surface area contributed by atoms with Gasteiger partial charge in [0.2, 0.25) is 5.82 Å². The second kappa shape index (κ2) is 12.0. The molecule has 198 valence electrons. The van der Waals surface area contributed by atoms with E-state index in [1.165, 1.54) is 7.05 Å². The van der Waals surface area contributed by atoms with E-state index in [9.17, 15) is 4.79 Å². The normalized spacial score (nSPS) is 15.6. The molecule has 3 N–H and O–H groups in total. The van der Waals surface area contributed by atoms with Crippen LogP contribution < -0.4 is 10.5 Å². The zero-order valence-electron chi connectivity index (χ0n) is 22.6. The van der Waals surface area contributed by atoms with Crippen molar-refractivity contribution in [2.24, 2.45) is 5.73 Å². The molecule has 3 heterocycles. The third kappa shape index (κ3) is 6.54. The number of tetrazole rings is 1. The van der Waals surface area contributed by atoms with Gasteiger partial charge in [0.15, 0.2) is 0 Å². The molecule has 0 radical (unpaired) electrons. The number of carbonyl (C=O) groups is 1. The summed E-state index contributed by atoms with van der Waals surface area (Å²) >= 11 is 0. The Morgan fingerprint density at radius 2 is 1.65 bits per heavy atom. The van der Waals surface area contributed by atoms with Gasteiger partial charge in [-0.2, -0.15) is 5.21 Å². The lowest BCUT2D eigenvalue weighted by atomic mass is 9.83. The maximum Gasteiger partial charge on any atom is 0.410 e. The average Bonchev–Trinajstić information content (AvgIpc) is 3.45. The van der Waals surface area contributed by atoms with E-state index < -0.39 is 11.2 Å². The van der Waals surface area contributed by atoms with E-state index in [2.05, 4.69) is 50.6 Å². The quantitative estimate of drug-likeness (QED) is 0.498. The summed E-state index contributed by atoms with van der Waals surface area (Å²) in [5.41, 5.74) is 7.70. The summed E-state index contributed by atoms with van der Waals surface area (Å²) in [5.74, 6) is 1.43. The Hall–Kier alpha value is -3.72. The lowest BCUT2D eigenvalue weighted by Gasteiger charge is -2.43. The molecule has 9 nitrogen and oxygen atoms in total. The second-order valence-electron chi connectivity index (χ2n) is 9.50. The van der Waals surface area contributed by atoms with Gasteiger partial charge >= 0.3 is 6.09 Å². The number of hydrogen-bond donors (Lipinski definition) is 2. The first kappa shape index (κ1) is 27.9. The fraction of sp³-hybridized carbons (Fsp3) is 0.429. The van der Waals surface area contributed by atoms with E-state index in [1.807, 2.05) is 65.0 Å². The number of ether oxygens (including phenoxy) is 2. The third-order valence-corrected chi connectivity index (χ3v) is 5.96. The summed E-state index contributed by atoms with van der Waals surface area (Å²) < 4.78 is 12.1. The topological polar surface area (TPSA) is 119 Å². The highest BCUT2D eigenvalue weighted by Gasteiger charge is 2.40. The number of likely N-dealkylation sites (tertiary alicyclic amines) is 1. The van der Waals surface area contributed by atoms with Crippen molar-refractivity contribution in [2.75, 3.05) is 20.1 Å². The minimum Gasteiger partial charge on any atom is -0.482 e. The van der Waals surface area contributed by atoms with Gasteiger partial charge in [-0.25, -0.2) is 4.79 Å². The van der Waals surface area contributed by atoms with Crippen LogP contribution in [0.1, 0.15) is 58.6 Å². The largest absolute Gasteiger partial charge is 0.482 e. The van der Waals surface area contributed by atoms with Crippen LogP contribution in [0.25, 0.3) is 17.0 Å². The fourth-order valence-electron chi connectivity index (χ4n) is 4.33. The van der Waals surface area contributed by atoms with Crippen molar-refractivity contribution in [3.8, 4) is 17.1 Å². The number of H-pyrrole nitrogens is 1. The smallest absolute Gasteiger partial charge is 0.410 e. The van der Waals surface area contributed by atoms with Crippen LogP contribution in [0.15, 0.2) is 54.6 Å². The number of benzene rings is 2. The average molecular weight is 507 g/mol. The summed E-state index contributed by atoms with van der Waals surface area (Å²) in [4.78, 5) is 14.3. The molecule has 0 bridgehead atoms. The van der Waals surface area contributed by atoms with Crippen LogP contribution in [0.3, 0.4) is 0 Å². The van der Waals surface area contributed by atoms with Crippen LogP contribution in [0.4, 0.5) is 4.79 Å². The molecule has 2 aromatic carbocycles. The van der Waals surface area contributed by atoms with Crippen LogP contribution in [0.5, 0.6) is 5.75 Å². The number of aromatic nitrogens is 4. The summed E-state index contributed by atoms with van der Waals surface area (Å²) in [6.45, 7) is 10.8. The number of hydrogen-bond acceptors (Lipinski definition) is 7. The summed E-state index contributed by atoms with van der Waals surface area (Å²) in [5, 5.41) is 14.2. The summed E-state index contributed by atoms with van der Waals surface area (Å²) in [6, 6.07) is 16.2. The Bertz CT molecular complexity index is 1180. The van der Waals surface area contributed by atoms with Gasteiger partial charge in [-0.1, -0.05) is 56.3 Å². The van der Waals surface area contributed by atoms with Gasteiger partial charge in [0, 0.05) is 37.1 Å². The minimum atomic E-state index is -0.507. The number of nitrogens with zero attached hydrogens (tertiary/aromatic N) is 4. The van der Waals surface area contributed by atoms with Gasteiger partial charge in [0.05, 0.1) is 0 Å². The van der Waals surface area contributed by atoms with E-state index in [4.69, 9.17) is 9.47 Å². The molecule has 5 rings (SSSR count). The van der Waals surface area contributed by atoms with Crippen LogP contribution in [0.2, 0.25) is 0 Å². The van der Waals surface area contributed by atoms with E-state index in [0.29, 0.717) is 31.8 Å². The molecule has 1 amide bonds. The zero-order valence-corrected chi connectivity index (χ0v) is 22.6. The number of amides is 1. The zero-order chi connectivity index (χ0) is 27.1. The molecule has 0 saturated carbocycles. The van der Waals surface area contributed by atoms with Gasteiger partial charge in [0.1, 0.15) is 17.0 Å². The highest BCUT2D eigenvalue weighted by atomic mass is 16.6. The Balaban J connectivity index is 0.000000907. The molecule has 1 fully saturated rings. The number of carbonyl (C=O) groups excluding carboxylic acids is 1. The molecule has 2 aliphatic rings. The molecular formula is C28H38N6O3. The molecule has 3 aromatic rings. The number of para-hydroxylation sites is 1. The van der Waals surface area contributed by atoms with Crippen LogP contribution >= 0.6 is 0 Å². The van der Waals surface area contributed by atoms with Crippen LogP contribution in [-0.2, 0) is 4.74 Å². The second-order valence-corrected chi connectivity index (χ2v) is 9.50. The maximum absolute atomic E-state index is 12.5. The van der Waals surface area contributed by atoms with Gasteiger partial charge < -0.3 is 20.1 Å². The number of rotatable bonds is 2. The predicted octanol–water partition coefficient (Wildman–Crippen LogP) is 5.06. The number of nitrogens with two attached hydrogens (primary N) is 1. The Morgan fingerprint density at radius 1 is 1.03 bits per heavy atom. The van der Waals surface area contributed by atoms with Crippen molar-refractivity contribution in [3.63, 3.8) is 0 Å². The molecule has 37 heavy (non-hydrogen) atoms. The first-order valence-electron chi connectivity index (χ1n) is 12.7. The highest BCUT2D eigenvalue weighted by molar-refractivity contribution is 5.85. The molecule has 1 aromatic heterocycles. The fourth-order valence-corrected chi connectivity index (χ4v) is 4.33. The Labute approximate surface area is 219 Å². The van der Waals surface area contributed by atoms with Crippen molar-refractivity contribution in [2.45, 2.75) is 58.7 Å². The molecule has 0 atom stereocenters. The molecule has 0 unspecified atom stereocenters. The van der Waals surface area contributed by atoms with E-state index in [-0.39, 0.29) is 6.09 Å². The Morgan fingerprint density at radius 3 is 2.24 bits per heavy atom. The monoisotopic (exact) mass is 506 g/mol.